The second kappa shape index (κ2) is 5.89. The van der Waals surface area contributed by atoms with Crippen LogP contribution < -0.4 is 14.8 Å². The molecule has 1 aliphatic rings. The Bertz CT molecular complexity index is 637. The summed E-state index contributed by atoms with van der Waals surface area (Å²) < 4.78 is 11.8. The highest BCUT2D eigenvalue weighted by Crippen LogP contribution is 2.31. The highest BCUT2D eigenvalue weighted by molar-refractivity contribution is 9.10. The molecule has 104 valence electrons. The van der Waals surface area contributed by atoms with Crippen LogP contribution in [0.5, 0.6) is 11.5 Å². The van der Waals surface area contributed by atoms with Gasteiger partial charge in [-0.2, -0.15) is 0 Å². The first-order chi connectivity index (χ1) is 9.72. The molecule has 2 aromatic rings. The van der Waals surface area contributed by atoms with Gasteiger partial charge in [0.25, 0.3) is 0 Å². The summed E-state index contributed by atoms with van der Waals surface area (Å²) in [7, 11) is 0. The van der Waals surface area contributed by atoms with Gasteiger partial charge in [0.1, 0.15) is 18.4 Å². The molecule has 0 spiro atoms. The maximum Gasteiger partial charge on any atom is 0.161 e. The van der Waals surface area contributed by atoms with Gasteiger partial charge in [0.15, 0.2) is 11.5 Å². The highest BCUT2D eigenvalue weighted by atomic mass is 79.9. The van der Waals surface area contributed by atoms with Gasteiger partial charge in [-0.15, -0.1) is 0 Å². The van der Waals surface area contributed by atoms with Crippen molar-refractivity contribution in [2.24, 2.45) is 0 Å². The van der Waals surface area contributed by atoms with Crippen molar-refractivity contribution in [3.63, 3.8) is 0 Å². The van der Waals surface area contributed by atoms with Gasteiger partial charge in [0, 0.05) is 6.54 Å². The Labute approximate surface area is 130 Å². The van der Waals surface area contributed by atoms with Crippen LogP contribution in [0, 0.1) is 0 Å². The van der Waals surface area contributed by atoms with E-state index in [1.54, 1.807) is 6.20 Å². The van der Waals surface area contributed by atoms with Gasteiger partial charge in [0.05, 0.1) is 16.4 Å². The number of nitrogens with zero attached hydrogens (tertiary/aromatic N) is 1. The van der Waals surface area contributed by atoms with Gasteiger partial charge in [-0.25, -0.2) is 4.98 Å². The van der Waals surface area contributed by atoms with E-state index in [1.165, 1.54) is 0 Å². The molecule has 4 nitrogen and oxygen atoms in total. The van der Waals surface area contributed by atoms with Crippen molar-refractivity contribution < 1.29 is 9.47 Å². The lowest BCUT2D eigenvalue weighted by Crippen LogP contribution is -2.15. The highest BCUT2D eigenvalue weighted by Gasteiger charge is 2.11. The predicted octanol–water partition coefficient (Wildman–Crippen LogP) is 3.88. The molecule has 0 amide bonds. The van der Waals surface area contributed by atoms with Gasteiger partial charge < -0.3 is 14.8 Å². The van der Waals surface area contributed by atoms with E-state index < -0.39 is 0 Å². The number of hydrogen-bond donors (Lipinski definition) is 1. The fourth-order valence-electron chi connectivity index (χ4n) is 1.92. The second-order valence-electron chi connectivity index (χ2n) is 4.33. The topological polar surface area (TPSA) is 43.4 Å². The van der Waals surface area contributed by atoms with Crippen LogP contribution in [0.2, 0.25) is 5.15 Å². The van der Waals surface area contributed by atoms with Gasteiger partial charge in [0.2, 0.25) is 0 Å². The van der Waals surface area contributed by atoms with Crippen LogP contribution in [0.15, 0.2) is 34.9 Å². The van der Waals surface area contributed by atoms with E-state index >= 15 is 0 Å². The summed E-state index contributed by atoms with van der Waals surface area (Å²) in [4.78, 5) is 4.07. The standard InChI is InChI=1S/C14H12BrClN2O2/c15-11-6-10(8-18-14(11)16)17-7-9-1-2-12-13(5-9)20-4-3-19-12/h1-2,5-6,8,17H,3-4,7H2. The molecule has 0 bridgehead atoms. The summed E-state index contributed by atoms with van der Waals surface area (Å²) in [6.07, 6.45) is 1.70. The number of ether oxygens (including phenoxy) is 2. The third-order valence-corrected chi connectivity index (χ3v) is 4.03. The lowest BCUT2D eigenvalue weighted by Gasteiger charge is -2.19. The van der Waals surface area contributed by atoms with Crippen LogP contribution in [0.4, 0.5) is 5.69 Å². The van der Waals surface area contributed by atoms with Crippen molar-refractivity contribution in [3.05, 3.63) is 45.7 Å². The zero-order chi connectivity index (χ0) is 13.9. The minimum atomic E-state index is 0.454. The van der Waals surface area contributed by atoms with Crippen LogP contribution in [0.1, 0.15) is 5.56 Å². The number of anilines is 1. The Morgan fingerprint density at radius 1 is 1.20 bits per heavy atom. The van der Waals surface area contributed by atoms with Crippen molar-refractivity contribution >= 4 is 33.2 Å². The molecule has 0 saturated heterocycles. The fraction of sp³-hybridized carbons (Fsp3) is 0.214. The molecular formula is C14H12BrClN2O2. The van der Waals surface area contributed by atoms with Crippen LogP contribution in [-0.2, 0) is 6.54 Å². The molecule has 1 aliphatic heterocycles. The minimum Gasteiger partial charge on any atom is -0.486 e. The summed E-state index contributed by atoms with van der Waals surface area (Å²) in [6, 6.07) is 7.83. The van der Waals surface area contributed by atoms with Crippen molar-refractivity contribution in [2.75, 3.05) is 18.5 Å². The molecule has 2 heterocycles. The fourth-order valence-corrected chi connectivity index (χ4v) is 2.37. The first kappa shape index (κ1) is 13.5. The van der Waals surface area contributed by atoms with Crippen molar-refractivity contribution in [3.8, 4) is 11.5 Å². The molecular weight excluding hydrogens is 344 g/mol. The van der Waals surface area contributed by atoms with E-state index in [9.17, 15) is 0 Å². The average molecular weight is 356 g/mol. The summed E-state index contributed by atoms with van der Waals surface area (Å²) in [5.41, 5.74) is 2.01. The molecule has 3 rings (SSSR count). The molecule has 0 atom stereocenters. The second-order valence-corrected chi connectivity index (χ2v) is 5.54. The van der Waals surface area contributed by atoms with Crippen LogP contribution in [-0.4, -0.2) is 18.2 Å². The average Bonchev–Trinajstić information content (AvgIpc) is 2.48. The first-order valence-corrected chi connectivity index (χ1v) is 7.33. The SMILES string of the molecule is Clc1ncc(NCc2ccc3c(c2)OCCO3)cc1Br. The summed E-state index contributed by atoms with van der Waals surface area (Å²) in [5.74, 6) is 1.60. The van der Waals surface area contributed by atoms with Gasteiger partial charge in [-0.1, -0.05) is 17.7 Å². The summed E-state index contributed by atoms with van der Waals surface area (Å²) >= 11 is 9.21. The first-order valence-electron chi connectivity index (χ1n) is 6.16. The Hall–Kier alpha value is -1.46. The van der Waals surface area contributed by atoms with E-state index in [1.807, 2.05) is 24.3 Å². The number of aromatic nitrogens is 1. The molecule has 0 radical (unpaired) electrons. The number of pyridine rings is 1. The maximum absolute atomic E-state index is 5.86. The molecule has 1 N–H and O–H groups in total. The smallest absolute Gasteiger partial charge is 0.161 e. The third-order valence-electron chi connectivity index (χ3n) is 2.90. The van der Waals surface area contributed by atoms with E-state index in [2.05, 4.69) is 26.2 Å². The summed E-state index contributed by atoms with van der Waals surface area (Å²) in [5, 5.41) is 3.74. The van der Waals surface area contributed by atoms with Crippen LogP contribution in [0.25, 0.3) is 0 Å². The predicted molar refractivity (Wildman–Crippen MR) is 81.7 cm³/mol. The van der Waals surface area contributed by atoms with E-state index in [0.717, 1.165) is 27.2 Å². The van der Waals surface area contributed by atoms with Crippen molar-refractivity contribution in [2.45, 2.75) is 6.54 Å². The number of benzene rings is 1. The number of rotatable bonds is 3. The minimum absolute atomic E-state index is 0.454. The lowest BCUT2D eigenvalue weighted by molar-refractivity contribution is 0.171. The van der Waals surface area contributed by atoms with Gasteiger partial charge in [-0.3, -0.25) is 0 Å². The van der Waals surface area contributed by atoms with Crippen molar-refractivity contribution in [1.82, 2.24) is 4.98 Å². The normalized spacial score (nSPS) is 13.1. The molecule has 0 fully saturated rings. The van der Waals surface area contributed by atoms with Crippen LogP contribution >= 0.6 is 27.5 Å². The third kappa shape index (κ3) is 2.99. The zero-order valence-corrected chi connectivity index (χ0v) is 12.9. The monoisotopic (exact) mass is 354 g/mol. The number of fused-ring (bicyclic) bond motifs is 1. The lowest BCUT2D eigenvalue weighted by atomic mass is 10.2. The van der Waals surface area contributed by atoms with Gasteiger partial charge in [-0.05, 0) is 39.7 Å². The summed E-state index contributed by atoms with van der Waals surface area (Å²) in [6.45, 7) is 1.87. The Balaban J connectivity index is 1.70. The van der Waals surface area contributed by atoms with Crippen molar-refractivity contribution in [1.29, 1.82) is 0 Å². The maximum atomic E-state index is 5.86. The largest absolute Gasteiger partial charge is 0.486 e. The molecule has 6 heteroatoms. The zero-order valence-electron chi connectivity index (χ0n) is 10.5. The van der Waals surface area contributed by atoms with E-state index in [-0.39, 0.29) is 0 Å². The van der Waals surface area contributed by atoms with E-state index in [0.29, 0.717) is 24.9 Å². The van der Waals surface area contributed by atoms with Gasteiger partial charge >= 0.3 is 0 Å². The molecule has 0 unspecified atom stereocenters. The number of hydrogen-bond acceptors (Lipinski definition) is 4. The van der Waals surface area contributed by atoms with Crippen LogP contribution in [0.3, 0.4) is 0 Å². The Kier molecular flexibility index (Phi) is 3.98. The number of halogens is 2. The molecule has 20 heavy (non-hydrogen) atoms. The Morgan fingerprint density at radius 2 is 2.00 bits per heavy atom. The quantitative estimate of drug-likeness (QED) is 0.849. The molecule has 0 aliphatic carbocycles. The molecule has 1 aromatic heterocycles. The number of nitrogens with one attached hydrogen (secondary N) is 1. The molecule has 0 saturated carbocycles. The van der Waals surface area contributed by atoms with E-state index in [4.69, 9.17) is 21.1 Å². The molecule has 1 aromatic carbocycles. The Morgan fingerprint density at radius 3 is 2.80 bits per heavy atom.